The Bertz CT molecular complexity index is 444. The molecule has 0 unspecified atom stereocenters. The second-order valence-corrected chi connectivity index (χ2v) is 2.95. The van der Waals surface area contributed by atoms with Crippen molar-refractivity contribution in [2.45, 2.75) is 0 Å². The number of methoxy groups -OCH3 is 2. The molecule has 16 heavy (non-hydrogen) atoms. The van der Waals surface area contributed by atoms with Crippen molar-refractivity contribution in [3.63, 3.8) is 0 Å². The van der Waals surface area contributed by atoms with Gasteiger partial charge in [-0.3, -0.25) is 10.1 Å². The van der Waals surface area contributed by atoms with Gasteiger partial charge in [-0.1, -0.05) is 0 Å². The summed E-state index contributed by atoms with van der Waals surface area (Å²) >= 11 is 0. The molecule has 1 heterocycles. The average Bonchev–Trinajstić information content (AvgIpc) is 2.73. The van der Waals surface area contributed by atoms with Crippen LogP contribution in [0.2, 0.25) is 0 Å². The highest BCUT2D eigenvalue weighted by Crippen LogP contribution is 2.51. The molecule has 7 nitrogen and oxygen atoms in total. The summed E-state index contributed by atoms with van der Waals surface area (Å²) in [6.07, 6.45) is 0. The van der Waals surface area contributed by atoms with E-state index in [0.717, 1.165) is 0 Å². The summed E-state index contributed by atoms with van der Waals surface area (Å²) in [5.74, 6) is 0.801. The number of nitro benzene ring substituents is 1. The minimum absolute atomic E-state index is 0.00994. The maximum atomic E-state index is 10.8. The molecule has 0 N–H and O–H groups in total. The number of fused-ring (bicyclic) bond motifs is 1. The Labute approximate surface area is 90.6 Å². The van der Waals surface area contributed by atoms with Gasteiger partial charge in [-0.25, -0.2) is 0 Å². The molecular weight excluding hydrogens is 218 g/mol. The highest BCUT2D eigenvalue weighted by molar-refractivity contribution is 5.69. The molecule has 0 bridgehead atoms. The van der Waals surface area contributed by atoms with Crippen LogP contribution in [0.4, 0.5) is 5.69 Å². The van der Waals surface area contributed by atoms with Crippen LogP contribution in [0.1, 0.15) is 0 Å². The zero-order valence-electron chi connectivity index (χ0n) is 8.68. The van der Waals surface area contributed by atoms with Crippen molar-refractivity contribution >= 4 is 5.69 Å². The van der Waals surface area contributed by atoms with Crippen molar-refractivity contribution in [1.82, 2.24) is 0 Å². The molecule has 0 saturated heterocycles. The fourth-order valence-corrected chi connectivity index (χ4v) is 1.50. The van der Waals surface area contributed by atoms with Gasteiger partial charge in [-0.05, 0) is 0 Å². The van der Waals surface area contributed by atoms with Gasteiger partial charge in [0.15, 0.2) is 5.75 Å². The second-order valence-electron chi connectivity index (χ2n) is 2.95. The van der Waals surface area contributed by atoms with E-state index in [4.69, 9.17) is 18.9 Å². The maximum Gasteiger partial charge on any atom is 0.318 e. The fraction of sp³-hybridized carbons (Fsp3) is 0.333. The third-order valence-electron chi connectivity index (χ3n) is 2.16. The van der Waals surface area contributed by atoms with Gasteiger partial charge in [0.1, 0.15) is 0 Å². The normalized spacial score (nSPS) is 12.4. The molecule has 0 aliphatic carbocycles. The Morgan fingerprint density at radius 3 is 2.56 bits per heavy atom. The number of benzene rings is 1. The molecule has 0 radical (unpaired) electrons. The minimum atomic E-state index is -0.566. The quantitative estimate of drug-likeness (QED) is 0.572. The highest BCUT2D eigenvalue weighted by Gasteiger charge is 2.31. The van der Waals surface area contributed by atoms with E-state index in [-0.39, 0.29) is 29.7 Å². The van der Waals surface area contributed by atoms with Crippen molar-refractivity contribution < 1.29 is 23.9 Å². The van der Waals surface area contributed by atoms with Crippen LogP contribution in [0.3, 0.4) is 0 Å². The van der Waals surface area contributed by atoms with E-state index >= 15 is 0 Å². The van der Waals surface area contributed by atoms with Crippen molar-refractivity contribution in [3.05, 3.63) is 16.2 Å². The summed E-state index contributed by atoms with van der Waals surface area (Å²) in [7, 11) is 2.70. The molecule has 1 aromatic carbocycles. The number of ether oxygens (including phenoxy) is 4. The van der Waals surface area contributed by atoms with Crippen LogP contribution in [-0.2, 0) is 0 Å². The van der Waals surface area contributed by atoms with E-state index in [1.807, 2.05) is 0 Å². The smallest absolute Gasteiger partial charge is 0.318 e. The van der Waals surface area contributed by atoms with Crippen LogP contribution in [-0.4, -0.2) is 25.9 Å². The van der Waals surface area contributed by atoms with Crippen molar-refractivity contribution in [3.8, 4) is 23.0 Å². The van der Waals surface area contributed by atoms with Crippen molar-refractivity contribution in [1.29, 1.82) is 0 Å². The van der Waals surface area contributed by atoms with E-state index in [1.165, 1.54) is 20.3 Å². The van der Waals surface area contributed by atoms with E-state index < -0.39 is 4.92 Å². The molecule has 0 aromatic heterocycles. The van der Waals surface area contributed by atoms with Gasteiger partial charge in [0.05, 0.1) is 25.2 Å². The lowest BCUT2D eigenvalue weighted by Crippen LogP contribution is -1.98. The SMILES string of the molecule is COc1c([N+](=O)[O-])cc2c(c1OC)OCO2. The summed E-state index contributed by atoms with van der Waals surface area (Å²) in [5, 5.41) is 10.8. The maximum absolute atomic E-state index is 10.8. The fourth-order valence-electron chi connectivity index (χ4n) is 1.50. The molecule has 86 valence electrons. The summed E-state index contributed by atoms with van der Waals surface area (Å²) in [4.78, 5) is 10.3. The lowest BCUT2D eigenvalue weighted by atomic mass is 10.2. The van der Waals surface area contributed by atoms with E-state index in [1.54, 1.807) is 0 Å². The van der Waals surface area contributed by atoms with Gasteiger partial charge >= 0.3 is 5.69 Å². The minimum Gasteiger partial charge on any atom is -0.489 e. The first-order valence-electron chi connectivity index (χ1n) is 4.38. The molecule has 2 rings (SSSR count). The average molecular weight is 227 g/mol. The Hall–Kier alpha value is -2.18. The molecule has 1 aliphatic rings. The zero-order valence-corrected chi connectivity index (χ0v) is 8.68. The van der Waals surface area contributed by atoms with Gasteiger partial charge in [0.2, 0.25) is 24.0 Å². The van der Waals surface area contributed by atoms with E-state index in [0.29, 0.717) is 5.75 Å². The van der Waals surface area contributed by atoms with Gasteiger partial charge in [0, 0.05) is 0 Å². The molecule has 1 aromatic rings. The van der Waals surface area contributed by atoms with Crippen LogP contribution < -0.4 is 18.9 Å². The summed E-state index contributed by atoms with van der Waals surface area (Å²) in [6, 6.07) is 1.25. The predicted octanol–water partition coefficient (Wildman–Crippen LogP) is 1.34. The van der Waals surface area contributed by atoms with Crippen LogP contribution in [0.15, 0.2) is 6.07 Å². The van der Waals surface area contributed by atoms with Crippen molar-refractivity contribution in [2.75, 3.05) is 21.0 Å². The molecular formula is C9H9NO6. The van der Waals surface area contributed by atoms with E-state index in [9.17, 15) is 10.1 Å². The lowest BCUT2D eigenvalue weighted by Gasteiger charge is -2.09. The highest BCUT2D eigenvalue weighted by atomic mass is 16.7. The van der Waals surface area contributed by atoms with Crippen LogP contribution in [0, 0.1) is 10.1 Å². The molecule has 0 atom stereocenters. The van der Waals surface area contributed by atoms with Crippen molar-refractivity contribution in [2.24, 2.45) is 0 Å². The standard InChI is InChI=1S/C9H9NO6/c1-13-7-5(10(11)12)3-6-8(9(7)14-2)16-4-15-6/h3H,4H2,1-2H3. The Balaban J connectivity index is 2.68. The number of rotatable bonds is 3. The third kappa shape index (κ3) is 1.37. The lowest BCUT2D eigenvalue weighted by molar-refractivity contribution is -0.385. The Kier molecular flexibility index (Phi) is 2.43. The first-order valence-corrected chi connectivity index (χ1v) is 4.38. The topological polar surface area (TPSA) is 80.1 Å². The zero-order chi connectivity index (χ0) is 11.7. The Morgan fingerprint density at radius 1 is 1.31 bits per heavy atom. The number of nitrogens with zero attached hydrogens (tertiary/aromatic N) is 1. The summed E-state index contributed by atoms with van der Waals surface area (Å²) in [5.41, 5.74) is -0.219. The van der Waals surface area contributed by atoms with Gasteiger partial charge in [0.25, 0.3) is 0 Å². The van der Waals surface area contributed by atoms with Crippen LogP contribution >= 0.6 is 0 Å². The summed E-state index contributed by atoms with van der Waals surface area (Å²) < 4.78 is 20.2. The van der Waals surface area contributed by atoms with Crippen LogP contribution in [0.25, 0.3) is 0 Å². The number of nitro groups is 1. The first kappa shape index (κ1) is 10.3. The number of hydrogen-bond acceptors (Lipinski definition) is 6. The third-order valence-corrected chi connectivity index (χ3v) is 2.16. The van der Waals surface area contributed by atoms with Gasteiger partial charge < -0.3 is 18.9 Å². The molecule has 0 spiro atoms. The van der Waals surface area contributed by atoms with Gasteiger partial charge in [-0.15, -0.1) is 0 Å². The molecule has 0 amide bonds. The molecule has 0 fully saturated rings. The monoisotopic (exact) mass is 227 g/mol. The first-order chi connectivity index (χ1) is 7.69. The largest absolute Gasteiger partial charge is 0.489 e. The van der Waals surface area contributed by atoms with E-state index in [2.05, 4.69) is 0 Å². The molecule has 0 saturated carbocycles. The molecule has 1 aliphatic heterocycles. The predicted molar refractivity (Wildman–Crippen MR) is 52.3 cm³/mol. The Morgan fingerprint density at radius 2 is 2.00 bits per heavy atom. The molecule has 7 heteroatoms. The van der Waals surface area contributed by atoms with Gasteiger partial charge in [-0.2, -0.15) is 0 Å². The second kappa shape index (κ2) is 3.76. The summed E-state index contributed by atoms with van der Waals surface area (Å²) in [6.45, 7) is 0.00994. The van der Waals surface area contributed by atoms with Crippen LogP contribution in [0.5, 0.6) is 23.0 Å². The number of hydrogen-bond donors (Lipinski definition) is 0.